The average Bonchev–Trinajstić information content (AvgIpc) is 2.68. The maximum Gasteiger partial charge on any atom is 0.292 e. The number of anilines is 1. The van der Waals surface area contributed by atoms with Crippen molar-refractivity contribution in [2.75, 3.05) is 32.2 Å². The van der Waals surface area contributed by atoms with Crippen LogP contribution in [0.25, 0.3) is 0 Å². The van der Waals surface area contributed by atoms with Gasteiger partial charge in [0.05, 0.1) is 24.7 Å². The van der Waals surface area contributed by atoms with Crippen LogP contribution in [-0.2, 0) is 5.60 Å². The van der Waals surface area contributed by atoms with Crippen LogP contribution in [0.5, 0.6) is 11.5 Å². The number of methoxy groups -OCH3 is 2. The first-order chi connectivity index (χ1) is 12.9. The van der Waals surface area contributed by atoms with E-state index in [0.717, 1.165) is 11.1 Å². The molecule has 2 aromatic rings. The van der Waals surface area contributed by atoms with Crippen LogP contribution in [0.2, 0.25) is 0 Å². The van der Waals surface area contributed by atoms with Crippen molar-refractivity contribution >= 4 is 11.4 Å². The Balaban J connectivity index is 1.84. The number of aryl methyl sites for hydroxylation is 1. The number of hydrogen-bond acceptors (Lipinski definition) is 6. The SMILES string of the molecule is COc1cc(OC)cc(C2(O)CCN(c3ccc(C)cc3[N+](=O)[O-])CC2)c1. The molecule has 0 amide bonds. The topological polar surface area (TPSA) is 85.1 Å². The van der Waals surface area contributed by atoms with E-state index >= 15 is 0 Å². The van der Waals surface area contributed by atoms with Crippen LogP contribution in [0.1, 0.15) is 24.0 Å². The van der Waals surface area contributed by atoms with E-state index in [2.05, 4.69) is 0 Å². The number of piperidine rings is 1. The minimum atomic E-state index is -1.03. The number of ether oxygens (including phenoxy) is 2. The number of aliphatic hydroxyl groups is 1. The number of benzene rings is 2. The van der Waals surface area contributed by atoms with Crippen molar-refractivity contribution < 1.29 is 19.5 Å². The Labute approximate surface area is 158 Å². The van der Waals surface area contributed by atoms with Gasteiger partial charge >= 0.3 is 0 Å². The van der Waals surface area contributed by atoms with Crippen molar-refractivity contribution in [3.8, 4) is 11.5 Å². The van der Waals surface area contributed by atoms with E-state index in [9.17, 15) is 15.2 Å². The van der Waals surface area contributed by atoms with Gasteiger partial charge in [-0.3, -0.25) is 10.1 Å². The zero-order valence-electron chi connectivity index (χ0n) is 15.8. The standard InChI is InChI=1S/C20H24N2O5/c1-14-4-5-18(19(10-14)22(24)25)21-8-6-20(23,7-9-21)15-11-16(26-2)13-17(12-15)27-3/h4-5,10-13,23H,6-9H2,1-3H3. The van der Waals surface area contributed by atoms with E-state index in [1.54, 1.807) is 32.4 Å². The minimum absolute atomic E-state index is 0.100. The number of hydrogen-bond donors (Lipinski definition) is 1. The highest BCUT2D eigenvalue weighted by molar-refractivity contribution is 5.64. The molecule has 1 aliphatic heterocycles. The van der Waals surface area contributed by atoms with Crippen molar-refractivity contribution in [2.24, 2.45) is 0 Å². The smallest absolute Gasteiger partial charge is 0.292 e. The van der Waals surface area contributed by atoms with Crippen LogP contribution < -0.4 is 14.4 Å². The van der Waals surface area contributed by atoms with Crippen LogP contribution in [0.3, 0.4) is 0 Å². The number of nitrogens with zero attached hydrogens (tertiary/aromatic N) is 2. The summed E-state index contributed by atoms with van der Waals surface area (Å²) in [7, 11) is 3.14. The Bertz CT molecular complexity index is 822. The van der Waals surface area contributed by atoms with E-state index in [-0.39, 0.29) is 10.6 Å². The summed E-state index contributed by atoms with van der Waals surface area (Å²) in [5.74, 6) is 1.24. The second kappa shape index (κ2) is 7.44. The summed E-state index contributed by atoms with van der Waals surface area (Å²) >= 11 is 0. The molecular formula is C20H24N2O5. The van der Waals surface area contributed by atoms with Crippen molar-refractivity contribution in [1.82, 2.24) is 0 Å². The fourth-order valence-corrected chi connectivity index (χ4v) is 3.53. The fraction of sp³-hybridized carbons (Fsp3) is 0.400. The highest BCUT2D eigenvalue weighted by atomic mass is 16.6. The molecule has 7 heteroatoms. The van der Waals surface area contributed by atoms with Crippen molar-refractivity contribution in [3.05, 3.63) is 57.6 Å². The molecule has 0 bridgehead atoms. The lowest BCUT2D eigenvalue weighted by Crippen LogP contribution is -2.42. The summed E-state index contributed by atoms with van der Waals surface area (Å²) in [6, 6.07) is 10.6. The zero-order chi connectivity index (χ0) is 19.6. The normalized spacial score (nSPS) is 16.1. The molecule has 1 fully saturated rings. The lowest BCUT2D eigenvalue weighted by molar-refractivity contribution is -0.384. The van der Waals surface area contributed by atoms with Crippen LogP contribution >= 0.6 is 0 Å². The monoisotopic (exact) mass is 372 g/mol. The molecule has 0 saturated carbocycles. The van der Waals surface area contributed by atoms with Crippen molar-refractivity contribution in [1.29, 1.82) is 0 Å². The molecular weight excluding hydrogens is 348 g/mol. The summed E-state index contributed by atoms with van der Waals surface area (Å²) in [5.41, 5.74) is 1.25. The van der Waals surface area contributed by atoms with Gasteiger partial charge in [-0.25, -0.2) is 0 Å². The number of nitro benzene ring substituents is 1. The molecule has 0 unspecified atom stereocenters. The highest BCUT2D eigenvalue weighted by Crippen LogP contribution is 2.39. The maximum atomic E-state index is 11.4. The Morgan fingerprint density at radius 3 is 2.19 bits per heavy atom. The first-order valence-electron chi connectivity index (χ1n) is 8.82. The van der Waals surface area contributed by atoms with Gasteiger partial charge in [-0.1, -0.05) is 6.07 Å². The van der Waals surface area contributed by atoms with Crippen molar-refractivity contribution in [3.63, 3.8) is 0 Å². The average molecular weight is 372 g/mol. The molecule has 0 atom stereocenters. The molecule has 0 spiro atoms. The van der Waals surface area contributed by atoms with Crippen LogP contribution in [0.4, 0.5) is 11.4 Å². The van der Waals surface area contributed by atoms with Gasteiger partial charge in [0.1, 0.15) is 17.2 Å². The van der Waals surface area contributed by atoms with Gasteiger partial charge in [-0.05, 0) is 49.1 Å². The Hall–Kier alpha value is -2.80. The highest BCUT2D eigenvalue weighted by Gasteiger charge is 2.36. The van der Waals surface area contributed by atoms with Gasteiger partial charge in [-0.15, -0.1) is 0 Å². The molecule has 27 heavy (non-hydrogen) atoms. The van der Waals surface area contributed by atoms with Gasteiger partial charge < -0.3 is 19.5 Å². The Kier molecular flexibility index (Phi) is 5.23. The second-order valence-corrected chi connectivity index (χ2v) is 6.87. The molecule has 1 saturated heterocycles. The molecule has 0 aromatic heterocycles. The summed E-state index contributed by atoms with van der Waals surface area (Å²) in [6.45, 7) is 2.86. The van der Waals surface area contributed by atoms with Gasteiger partial charge in [0, 0.05) is 25.2 Å². The van der Waals surface area contributed by atoms with Gasteiger partial charge in [0.2, 0.25) is 0 Å². The summed E-state index contributed by atoms with van der Waals surface area (Å²) in [4.78, 5) is 13.0. The first kappa shape index (κ1) is 19.0. The molecule has 0 radical (unpaired) electrons. The summed E-state index contributed by atoms with van der Waals surface area (Å²) < 4.78 is 10.6. The summed E-state index contributed by atoms with van der Waals surface area (Å²) in [6.07, 6.45) is 0.905. The molecule has 1 aliphatic rings. The van der Waals surface area contributed by atoms with Crippen molar-refractivity contribution in [2.45, 2.75) is 25.4 Å². The predicted octanol–water partition coefficient (Wildman–Crippen LogP) is 3.41. The third kappa shape index (κ3) is 3.83. The molecule has 3 rings (SSSR count). The van der Waals surface area contributed by atoms with Gasteiger partial charge in [0.25, 0.3) is 5.69 Å². The van der Waals surface area contributed by atoms with Crippen LogP contribution in [0, 0.1) is 17.0 Å². The largest absolute Gasteiger partial charge is 0.497 e. The summed E-state index contributed by atoms with van der Waals surface area (Å²) in [5, 5.41) is 22.6. The van der Waals surface area contributed by atoms with Crippen LogP contribution in [0.15, 0.2) is 36.4 Å². The predicted molar refractivity (Wildman–Crippen MR) is 103 cm³/mol. The molecule has 1 heterocycles. The molecule has 1 N–H and O–H groups in total. The van der Waals surface area contributed by atoms with E-state index in [1.165, 1.54) is 0 Å². The molecule has 144 valence electrons. The lowest BCUT2D eigenvalue weighted by Gasteiger charge is -2.39. The van der Waals surface area contributed by atoms with E-state index < -0.39 is 5.60 Å². The lowest BCUT2D eigenvalue weighted by atomic mass is 9.84. The molecule has 0 aliphatic carbocycles. The number of rotatable bonds is 5. The number of nitro groups is 1. The Morgan fingerprint density at radius 2 is 1.67 bits per heavy atom. The van der Waals surface area contributed by atoms with E-state index in [1.807, 2.05) is 30.0 Å². The van der Waals surface area contributed by atoms with Crippen LogP contribution in [-0.4, -0.2) is 37.3 Å². The fourth-order valence-electron chi connectivity index (χ4n) is 3.53. The maximum absolute atomic E-state index is 11.4. The van der Waals surface area contributed by atoms with Gasteiger partial charge in [-0.2, -0.15) is 0 Å². The third-order valence-electron chi connectivity index (χ3n) is 5.15. The second-order valence-electron chi connectivity index (χ2n) is 6.87. The molecule has 2 aromatic carbocycles. The first-order valence-corrected chi connectivity index (χ1v) is 8.82. The van der Waals surface area contributed by atoms with E-state index in [0.29, 0.717) is 43.1 Å². The quantitative estimate of drug-likeness (QED) is 0.639. The minimum Gasteiger partial charge on any atom is -0.497 e. The van der Waals surface area contributed by atoms with Gasteiger partial charge in [0.15, 0.2) is 0 Å². The third-order valence-corrected chi connectivity index (χ3v) is 5.15. The molecule has 7 nitrogen and oxygen atoms in total. The zero-order valence-corrected chi connectivity index (χ0v) is 15.8. The Morgan fingerprint density at radius 1 is 1.07 bits per heavy atom. The van der Waals surface area contributed by atoms with E-state index in [4.69, 9.17) is 9.47 Å².